The third-order valence-electron chi connectivity index (χ3n) is 3.44. The molecule has 0 saturated carbocycles. The molecule has 10 heteroatoms. The second-order valence-electron chi connectivity index (χ2n) is 5.17. The van der Waals surface area contributed by atoms with Gasteiger partial charge in [0.2, 0.25) is 0 Å². The van der Waals surface area contributed by atoms with Gasteiger partial charge in [-0.15, -0.1) is 5.10 Å². The Bertz CT molecular complexity index is 1030. The summed E-state index contributed by atoms with van der Waals surface area (Å²) in [6, 6.07) is 13.8. The number of alkyl halides is 2. The maximum atomic E-state index is 13.3. The van der Waals surface area contributed by atoms with Crippen LogP contribution in [0.4, 0.5) is 8.78 Å². The first-order valence-corrected chi connectivity index (χ1v) is 9.85. The van der Waals surface area contributed by atoms with E-state index in [0.717, 1.165) is 4.79 Å². The lowest BCUT2D eigenvalue weighted by atomic mass is 10.1. The first-order chi connectivity index (χ1) is 12.3. The van der Waals surface area contributed by atoms with Crippen molar-refractivity contribution in [2.75, 3.05) is 4.83 Å². The van der Waals surface area contributed by atoms with Gasteiger partial charge in [0.05, 0.1) is 9.37 Å². The average Bonchev–Trinajstić information content (AvgIpc) is 2.92. The van der Waals surface area contributed by atoms with Crippen LogP contribution in [0.5, 0.6) is 0 Å². The maximum Gasteiger partial charge on any atom is 0.283 e. The van der Waals surface area contributed by atoms with Gasteiger partial charge < -0.3 is 0 Å². The number of nitrogens with zero attached hydrogens (tertiary/aromatic N) is 2. The molecule has 0 unspecified atom stereocenters. The highest BCUT2D eigenvalue weighted by molar-refractivity contribution is 9.10. The predicted octanol–water partition coefficient (Wildman–Crippen LogP) is 4.84. The number of sulfonamides is 1. The van der Waals surface area contributed by atoms with Crippen LogP contribution in [0.1, 0.15) is 12.1 Å². The van der Waals surface area contributed by atoms with E-state index in [1.165, 1.54) is 12.1 Å². The van der Waals surface area contributed by atoms with Crippen molar-refractivity contribution in [2.45, 2.75) is 11.3 Å². The smallest absolute Gasteiger partial charge is 0.203 e. The van der Waals surface area contributed by atoms with Gasteiger partial charge in [0.1, 0.15) is 11.4 Å². The minimum Gasteiger partial charge on any atom is -0.203 e. The van der Waals surface area contributed by atoms with Crippen molar-refractivity contribution >= 4 is 37.6 Å². The van der Waals surface area contributed by atoms with Gasteiger partial charge in [-0.3, -0.25) is 0 Å². The summed E-state index contributed by atoms with van der Waals surface area (Å²) >= 11 is 8.95. The van der Waals surface area contributed by atoms with Gasteiger partial charge in [0, 0.05) is 10.6 Å². The summed E-state index contributed by atoms with van der Waals surface area (Å²) in [5, 5.41) is 4.17. The van der Waals surface area contributed by atoms with E-state index < -0.39 is 22.1 Å². The lowest BCUT2D eigenvalue weighted by Gasteiger charge is -2.11. The summed E-state index contributed by atoms with van der Waals surface area (Å²) in [5.74, 6) is 0. The Morgan fingerprint density at radius 1 is 1.08 bits per heavy atom. The van der Waals surface area contributed by atoms with Crippen LogP contribution in [0.2, 0.25) is 5.02 Å². The summed E-state index contributed by atoms with van der Waals surface area (Å²) in [5.41, 5.74) is 0.0126. The summed E-state index contributed by atoms with van der Waals surface area (Å²) < 4.78 is 51.6. The molecule has 1 aromatic heterocycles. The van der Waals surface area contributed by atoms with E-state index in [1.54, 1.807) is 42.5 Å². The Hall–Kier alpha value is -1.97. The molecule has 26 heavy (non-hydrogen) atoms. The molecule has 0 aliphatic rings. The van der Waals surface area contributed by atoms with Crippen molar-refractivity contribution in [1.29, 1.82) is 0 Å². The molecule has 0 fully saturated rings. The Labute approximate surface area is 161 Å². The Kier molecular flexibility index (Phi) is 5.31. The zero-order valence-corrected chi connectivity index (χ0v) is 16.1. The number of nitrogens with one attached hydrogen (secondary N) is 1. The van der Waals surface area contributed by atoms with Crippen molar-refractivity contribution in [3.05, 3.63) is 69.8 Å². The molecule has 0 amide bonds. The second-order valence-corrected chi connectivity index (χ2v) is 8.07. The first kappa shape index (κ1) is 18.8. The topological polar surface area (TPSA) is 64.0 Å². The first-order valence-electron chi connectivity index (χ1n) is 7.20. The van der Waals surface area contributed by atoms with E-state index in [-0.39, 0.29) is 15.1 Å². The summed E-state index contributed by atoms with van der Waals surface area (Å²) in [6.45, 7) is 0. The van der Waals surface area contributed by atoms with Gasteiger partial charge in [-0.1, -0.05) is 41.9 Å². The van der Waals surface area contributed by atoms with Crippen LogP contribution in [-0.2, 0) is 10.0 Å². The Morgan fingerprint density at radius 3 is 2.27 bits per heavy atom. The highest BCUT2D eigenvalue weighted by Gasteiger charge is 2.26. The lowest BCUT2D eigenvalue weighted by molar-refractivity contribution is 0.144. The SMILES string of the molecule is O=S(=O)(Nn1nc(C(F)F)c(Br)c1-c1ccc(Cl)cc1)c1ccccc1. The van der Waals surface area contributed by atoms with Crippen LogP contribution >= 0.6 is 27.5 Å². The van der Waals surface area contributed by atoms with E-state index in [2.05, 4.69) is 25.9 Å². The largest absolute Gasteiger partial charge is 0.283 e. The van der Waals surface area contributed by atoms with E-state index in [4.69, 9.17) is 11.6 Å². The van der Waals surface area contributed by atoms with E-state index in [9.17, 15) is 17.2 Å². The number of benzene rings is 2. The molecule has 0 aliphatic carbocycles. The average molecular weight is 463 g/mol. The van der Waals surface area contributed by atoms with Gasteiger partial charge in [-0.25, -0.2) is 8.78 Å². The fourth-order valence-corrected chi connectivity index (χ4v) is 4.00. The third kappa shape index (κ3) is 3.74. The number of aromatic nitrogens is 2. The van der Waals surface area contributed by atoms with Crippen molar-refractivity contribution in [3.8, 4) is 11.3 Å². The van der Waals surface area contributed by atoms with Gasteiger partial charge in [-0.2, -0.15) is 18.0 Å². The van der Waals surface area contributed by atoms with Crippen molar-refractivity contribution in [2.24, 2.45) is 0 Å². The summed E-state index contributed by atoms with van der Waals surface area (Å²) in [6.07, 6.45) is -2.89. The number of hydrogen-bond acceptors (Lipinski definition) is 3. The molecule has 0 radical (unpaired) electrons. The molecule has 5 nitrogen and oxygen atoms in total. The normalized spacial score (nSPS) is 11.7. The fourth-order valence-electron chi connectivity index (χ4n) is 2.24. The maximum absolute atomic E-state index is 13.3. The van der Waals surface area contributed by atoms with Crippen molar-refractivity contribution in [1.82, 2.24) is 9.89 Å². The van der Waals surface area contributed by atoms with Crippen LogP contribution in [0.3, 0.4) is 0 Å². The van der Waals surface area contributed by atoms with Crippen LogP contribution < -0.4 is 4.83 Å². The van der Waals surface area contributed by atoms with Crippen molar-refractivity contribution in [3.63, 3.8) is 0 Å². The molecule has 0 atom stereocenters. The highest BCUT2D eigenvalue weighted by atomic mass is 79.9. The van der Waals surface area contributed by atoms with E-state index in [1.807, 2.05) is 0 Å². The number of rotatable bonds is 5. The molecule has 0 saturated heterocycles. The molecule has 2 aromatic carbocycles. The number of halogens is 4. The molecule has 0 aliphatic heterocycles. The molecule has 0 spiro atoms. The van der Waals surface area contributed by atoms with Gasteiger partial charge in [-0.05, 0) is 40.2 Å². The molecule has 1 heterocycles. The zero-order chi connectivity index (χ0) is 18.9. The fraction of sp³-hybridized carbons (Fsp3) is 0.0625. The minimum atomic E-state index is -4.02. The Balaban J connectivity index is 2.12. The standard InChI is InChI=1S/C16H11BrClF2N3O2S/c17-13-14(16(19)20)21-23(15(13)10-6-8-11(18)9-7-10)22-26(24,25)12-4-2-1-3-5-12/h1-9,16,22H. The van der Waals surface area contributed by atoms with Crippen LogP contribution in [0.25, 0.3) is 11.3 Å². The second kappa shape index (κ2) is 7.34. The lowest BCUT2D eigenvalue weighted by Crippen LogP contribution is -2.25. The molecule has 0 bridgehead atoms. The third-order valence-corrected chi connectivity index (χ3v) is 5.78. The van der Waals surface area contributed by atoms with Gasteiger partial charge in [0.25, 0.3) is 16.4 Å². The Morgan fingerprint density at radius 2 is 1.69 bits per heavy atom. The quantitative estimate of drug-likeness (QED) is 0.590. The van der Waals surface area contributed by atoms with E-state index >= 15 is 0 Å². The molecule has 136 valence electrons. The zero-order valence-electron chi connectivity index (χ0n) is 12.9. The van der Waals surface area contributed by atoms with Crippen LogP contribution in [0, 0.1) is 0 Å². The molecular formula is C16H11BrClF2N3O2S. The molecule has 3 rings (SSSR count). The van der Waals surface area contributed by atoms with Gasteiger partial charge in [0.15, 0.2) is 0 Å². The summed E-state index contributed by atoms with van der Waals surface area (Å²) in [7, 11) is -4.02. The summed E-state index contributed by atoms with van der Waals surface area (Å²) in [4.78, 5) is 3.01. The van der Waals surface area contributed by atoms with Gasteiger partial charge >= 0.3 is 0 Å². The highest BCUT2D eigenvalue weighted by Crippen LogP contribution is 2.36. The predicted molar refractivity (Wildman–Crippen MR) is 98.3 cm³/mol. The minimum absolute atomic E-state index is 0.00872. The van der Waals surface area contributed by atoms with Crippen molar-refractivity contribution < 1.29 is 17.2 Å². The molecule has 3 aromatic rings. The molecular weight excluding hydrogens is 452 g/mol. The number of hydrogen-bond donors (Lipinski definition) is 1. The monoisotopic (exact) mass is 461 g/mol. The van der Waals surface area contributed by atoms with E-state index in [0.29, 0.717) is 10.6 Å². The van der Waals surface area contributed by atoms with Crippen LogP contribution in [-0.4, -0.2) is 18.3 Å². The molecule has 1 N–H and O–H groups in total. The van der Waals surface area contributed by atoms with Crippen LogP contribution in [0.15, 0.2) is 64.0 Å².